The van der Waals surface area contributed by atoms with E-state index in [1.165, 1.54) is 11.1 Å². The highest BCUT2D eigenvalue weighted by atomic mass is 15.5. The Morgan fingerprint density at radius 3 is 2.43 bits per heavy atom. The van der Waals surface area contributed by atoms with E-state index in [-0.39, 0.29) is 0 Å². The lowest BCUT2D eigenvalue weighted by Gasteiger charge is -2.10. The summed E-state index contributed by atoms with van der Waals surface area (Å²) in [6.07, 6.45) is 0. The van der Waals surface area contributed by atoms with Crippen molar-refractivity contribution in [1.29, 1.82) is 0 Å². The third-order valence-corrected chi connectivity index (χ3v) is 3.54. The first kappa shape index (κ1) is 13.3. The molecule has 0 unspecified atom stereocenters. The van der Waals surface area contributed by atoms with Gasteiger partial charge in [-0.2, -0.15) is 4.68 Å². The zero-order chi connectivity index (χ0) is 15.0. The van der Waals surface area contributed by atoms with Gasteiger partial charge in [-0.1, -0.05) is 18.2 Å². The van der Waals surface area contributed by atoms with Crippen LogP contribution in [0, 0.1) is 20.8 Å². The van der Waals surface area contributed by atoms with Gasteiger partial charge in [0.15, 0.2) is 5.82 Å². The van der Waals surface area contributed by atoms with Crippen molar-refractivity contribution in [1.82, 2.24) is 20.2 Å². The summed E-state index contributed by atoms with van der Waals surface area (Å²) in [6.45, 7) is 6.10. The number of tetrazole rings is 1. The summed E-state index contributed by atoms with van der Waals surface area (Å²) in [4.78, 5) is 0. The molecule has 0 fully saturated rings. The molecule has 0 saturated carbocycles. The largest absolute Gasteiger partial charge is 0.398 e. The first-order valence-corrected chi connectivity index (χ1v) is 6.79. The van der Waals surface area contributed by atoms with Crippen LogP contribution in [-0.4, -0.2) is 20.2 Å². The SMILES string of the molecule is Cc1cc(C)cc(-n2nnnc2-c2cccc(N)c2C)c1. The van der Waals surface area contributed by atoms with Crippen LogP contribution in [0.15, 0.2) is 36.4 Å². The van der Waals surface area contributed by atoms with Gasteiger partial charge >= 0.3 is 0 Å². The summed E-state index contributed by atoms with van der Waals surface area (Å²) >= 11 is 0. The number of nitrogens with two attached hydrogens (primary N) is 1. The van der Waals surface area contributed by atoms with E-state index in [4.69, 9.17) is 5.73 Å². The van der Waals surface area contributed by atoms with Gasteiger partial charge in [-0.3, -0.25) is 0 Å². The van der Waals surface area contributed by atoms with Gasteiger partial charge in [-0.15, -0.1) is 5.10 Å². The molecule has 2 N–H and O–H groups in total. The minimum Gasteiger partial charge on any atom is -0.398 e. The van der Waals surface area contributed by atoms with E-state index in [0.29, 0.717) is 5.82 Å². The number of aryl methyl sites for hydroxylation is 2. The summed E-state index contributed by atoms with van der Waals surface area (Å²) in [6, 6.07) is 12.0. The average Bonchev–Trinajstić information content (AvgIpc) is 2.90. The van der Waals surface area contributed by atoms with Gasteiger partial charge in [0, 0.05) is 11.3 Å². The number of rotatable bonds is 2. The van der Waals surface area contributed by atoms with Gasteiger partial charge in [0.05, 0.1) is 5.69 Å². The monoisotopic (exact) mass is 279 g/mol. The fourth-order valence-corrected chi connectivity index (χ4v) is 2.50. The quantitative estimate of drug-likeness (QED) is 0.732. The smallest absolute Gasteiger partial charge is 0.187 e. The van der Waals surface area contributed by atoms with Crippen LogP contribution in [-0.2, 0) is 0 Å². The Morgan fingerprint density at radius 2 is 1.71 bits per heavy atom. The molecule has 5 nitrogen and oxygen atoms in total. The van der Waals surface area contributed by atoms with E-state index in [2.05, 4.69) is 47.6 Å². The van der Waals surface area contributed by atoms with Crippen molar-refractivity contribution in [3.8, 4) is 17.1 Å². The first-order valence-electron chi connectivity index (χ1n) is 6.79. The molecule has 0 aliphatic heterocycles. The van der Waals surface area contributed by atoms with E-state index in [0.717, 1.165) is 22.5 Å². The number of benzene rings is 2. The Hall–Kier alpha value is -2.69. The van der Waals surface area contributed by atoms with Crippen LogP contribution in [0.3, 0.4) is 0 Å². The van der Waals surface area contributed by atoms with Gasteiger partial charge in [-0.25, -0.2) is 0 Å². The molecular formula is C16H17N5. The molecule has 5 heteroatoms. The number of aromatic nitrogens is 4. The molecule has 1 aromatic heterocycles. The van der Waals surface area contributed by atoms with Gasteiger partial charge < -0.3 is 5.73 Å². The van der Waals surface area contributed by atoms with Crippen LogP contribution < -0.4 is 5.73 Å². The van der Waals surface area contributed by atoms with Crippen molar-refractivity contribution < 1.29 is 0 Å². The minimum absolute atomic E-state index is 0.699. The number of nitrogen functional groups attached to an aromatic ring is 1. The van der Waals surface area contributed by atoms with Crippen molar-refractivity contribution in [2.75, 3.05) is 5.73 Å². The molecule has 0 saturated heterocycles. The predicted octanol–water partition coefficient (Wildman–Crippen LogP) is 2.84. The molecule has 0 radical (unpaired) electrons. The van der Waals surface area contributed by atoms with Crippen LogP contribution in [0.1, 0.15) is 16.7 Å². The maximum absolute atomic E-state index is 5.99. The second kappa shape index (κ2) is 5.01. The van der Waals surface area contributed by atoms with Crippen LogP contribution in [0.5, 0.6) is 0 Å². The van der Waals surface area contributed by atoms with Crippen molar-refractivity contribution >= 4 is 5.69 Å². The van der Waals surface area contributed by atoms with E-state index in [1.807, 2.05) is 25.1 Å². The van der Waals surface area contributed by atoms with E-state index in [1.54, 1.807) is 4.68 Å². The molecule has 3 aromatic rings. The fraction of sp³-hybridized carbons (Fsp3) is 0.188. The maximum Gasteiger partial charge on any atom is 0.187 e. The summed E-state index contributed by atoms with van der Waals surface area (Å²) in [5.74, 6) is 0.699. The van der Waals surface area contributed by atoms with Crippen molar-refractivity contribution in [2.45, 2.75) is 20.8 Å². The lowest BCUT2D eigenvalue weighted by atomic mass is 10.1. The molecule has 1 heterocycles. The summed E-state index contributed by atoms with van der Waals surface area (Å²) < 4.78 is 1.75. The zero-order valence-corrected chi connectivity index (χ0v) is 12.3. The fourth-order valence-electron chi connectivity index (χ4n) is 2.50. The average molecular weight is 279 g/mol. The Kier molecular flexibility index (Phi) is 3.17. The number of hydrogen-bond acceptors (Lipinski definition) is 4. The second-order valence-corrected chi connectivity index (χ2v) is 5.28. The topological polar surface area (TPSA) is 69.6 Å². The molecule has 0 spiro atoms. The van der Waals surface area contributed by atoms with Crippen LogP contribution in [0.2, 0.25) is 0 Å². The number of nitrogens with zero attached hydrogens (tertiary/aromatic N) is 4. The molecule has 3 rings (SSSR count). The Bertz CT molecular complexity index is 784. The summed E-state index contributed by atoms with van der Waals surface area (Å²) in [5.41, 5.74) is 12.0. The van der Waals surface area contributed by atoms with Gasteiger partial charge in [-0.05, 0) is 66.1 Å². The lowest BCUT2D eigenvalue weighted by molar-refractivity contribution is 0.790. The van der Waals surface area contributed by atoms with E-state index >= 15 is 0 Å². The van der Waals surface area contributed by atoms with Crippen LogP contribution >= 0.6 is 0 Å². The molecular weight excluding hydrogens is 262 g/mol. The van der Waals surface area contributed by atoms with Crippen molar-refractivity contribution in [2.24, 2.45) is 0 Å². The molecule has 0 bridgehead atoms. The highest BCUT2D eigenvalue weighted by Gasteiger charge is 2.14. The normalized spacial score (nSPS) is 10.8. The van der Waals surface area contributed by atoms with Crippen LogP contribution in [0.4, 0.5) is 5.69 Å². The predicted molar refractivity (Wildman–Crippen MR) is 83.2 cm³/mol. The first-order chi connectivity index (χ1) is 10.1. The Balaban J connectivity index is 2.19. The molecule has 0 atom stereocenters. The Labute approximate surface area is 123 Å². The van der Waals surface area contributed by atoms with E-state index in [9.17, 15) is 0 Å². The highest BCUT2D eigenvalue weighted by molar-refractivity contribution is 5.68. The van der Waals surface area contributed by atoms with Crippen molar-refractivity contribution in [3.63, 3.8) is 0 Å². The minimum atomic E-state index is 0.699. The van der Waals surface area contributed by atoms with E-state index < -0.39 is 0 Å². The van der Waals surface area contributed by atoms with Gasteiger partial charge in [0.2, 0.25) is 0 Å². The molecule has 106 valence electrons. The summed E-state index contributed by atoms with van der Waals surface area (Å²) in [5, 5.41) is 12.1. The highest BCUT2D eigenvalue weighted by Crippen LogP contribution is 2.26. The molecule has 0 amide bonds. The molecule has 2 aromatic carbocycles. The number of hydrogen-bond donors (Lipinski definition) is 1. The van der Waals surface area contributed by atoms with Gasteiger partial charge in [0.1, 0.15) is 0 Å². The second-order valence-electron chi connectivity index (χ2n) is 5.28. The van der Waals surface area contributed by atoms with Crippen molar-refractivity contribution in [3.05, 3.63) is 53.1 Å². The van der Waals surface area contributed by atoms with Gasteiger partial charge in [0.25, 0.3) is 0 Å². The summed E-state index contributed by atoms with van der Waals surface area (Å²) in [7, 11) is 0. The molecule has 0 aliphatic carbocycles. The Morgan fingerprint density at radius 1 is 1.00 bits per heavy atom. The molecule has 0 aliphatic rings. The third kappa shape index (κ3) is 2.38. The molecule has 21 heavy (non-hydrogen) atoms. The number of anilines is 1. The zero-order valence-electron chi connectivity index (χ0n) is 12.3. The standard InChI is InChI=1S/C16H17N5/c1-10-7-11(2)9-13(8-10)21-16(18-19-20-21)14-5-4-6-15(17)12(14)3/h4-9H,17H2,1-3H3. The van der Waals surface area contributed by atoms with Crippen LogP contribution in [0.25, 0.3) is 17.1 Å². The maximum atomic E-state index is 5.99. The lowest BCUT2D eigenvalue weighted by Crippen LogP contribution is -2.02. The third-order valence-electron chi connectivity index (χ3n) is 3.54.